The SMILES string of the molecule is Cc1nc2ccccc2c(C)c1C(=O)OCC(=O)N1CCc2sccc2C1. The van der Waals surface area contributed by atoms with Crippen molar-refractivity contribution in [1.29, 1.82) is 0 Å². The highest BCUT2D eigenvalue weighted by atomic mass is 32.1. The zero-order valence-electron chi connectivity index (χ0n) is 15.3. The van der Waals surface area contributed by atoms with Gasteiger partial charge in [-0.15, -0.1) is 11.3 Å². The standard InChI is InChI=1S/C21H20N2O3S/c1-13-16-5-3-4-6-17(16)22-14(2)20(13)21(25)26-12-19(24)23-9-7-18-15(11-23)8-10-27-18/h3-6,8,10H,7,9,11-12H2,1-2H3. The van der Waals surface area contributed by atoms with Crippen molar-refractivity contribution >= 4 is 34.1 Å². The van der Waals surface area contributed by atoms with Crippen LogP contribution in [0.15, 0.2) is 35.7 Å². The second kappa shape index (κ2) is 7.12. The summed E-state index contributed by atoms with van der Waals surface area (Å²) < 4.78 is 5.36. The summed E-state index contributed by atoms with van der Waals surface area (Å²) in [5, 5.41) is 2.97. The number of amides is 1. The van der Waals surface area contributed by atoms with E-state index in [-0.39, 0.29) is 12.5 Å². The molecule has 0 N–H and O–H groups in total. The van der Waals surface area contributed by atoms with E-state index in [1.54, 1.807) is 23.2 Å². The molecule has 0 aliphatic carbocycles. The summed E-state index contributed by atoms with van der Waals surface area (Å²) in [6.07, 6.45) is 0.861. The van der Waals surface area contributed by atoms with Crippen LogP contribution in [-0.2, 0) is 22.5 Å². The predicted molar refractivity (Wildman–Crippen MR) is 105 cm³/mol. The molecule has 0 saturated heterocycles. The van der Waals surface area contributed by atoms with E-state index in [1.807, 2.05) is 31.2 Å². The lowest BCUT2D eigenvalue weighted by molar-refractivity contribution is -0.135. The molecular formula is C21H20N2O3S. The Balaban J connectivity index is 1.47. The maximum atomic E-state index is 12.6. The third kappa shape index (κ3) is 3.32. The highest BCUT2D eigenvalue weighted by molar-refractivity contribution is 7.10. The van der Waals surface area contributed by atoms with Gasteiger partial charge in [-0.2, -0.15) is 0 Å². The van der Waals surface area contributed by atoms with Gasteiger partial charge in [-0.1, -0.05) is 18.2 Å². The summed E-state index contributed by atoms with van der Waals surface area (Å²) in [5.74, 6) is -0.658. The number of carbonyl (C=O) groups is 2. The van der Waals surface area contributed by atoms with Crippen molar-refractivity contribution in [2.45, 2.75) is 26.8 Å². The molecule has 1 aliphatic heterocycles. The fraction of sp³-hybridized carbons (Fsp3) is 0.286. The molecule has 1 amide bonds. The van der Waals surface area contributed by atoms with E-state index in [0.717, 1.165) is 22.9 Å². The van der Waals surface area contributed by atoms with Crippen molar-refractivity contribution in [2.75, 3.05) is 13.2 Å². The Morgan fingerprint density at radius 1 is 1.22 bits per heavy atom. The first-order chi connectivity index (χ1) is 13.0. The molecule has 6 heteroatoms. The number of fused-ring (bicyclic) bond motifs is 2. The number of aromatic nitrogens is 1. The van der Waals surface area contributed by atoms with Crippen LogP contribution in [0.25, 0.3) is 10.9 Å². The van der Waals surface area contributed by atoms with E-state index in [9.17, 15) is 9.59 Å². The molecule has 27 heavy (non-hydrogen) atoms. The molecule has 5 nitrogen and oxygen atoms in total. The number of hydrogen-bond donors (Lipinski definition) is 0. The number of benzene rings is 1. The van der Waals surface area contributed by atoms with Gasteiger partial charge in [-0.3, -0.25) is 9.78 Å². The van der Waals surface area contributed by atoms with Gasteiger partial charge in [0, 0.05) is 23.4 Å². The molecule has 0 bridgehead atoms. The number of thiophene rings is 1. The second-order valence-corrected chi connectivity index (χ2v) is 7.73. The zero-order valence-corrected chi connectivity index (χ0v) is 16.1. The molecule has 3 heterocycles. The van der Waals surface area contributed by atoms with Gasteiger partial charge in [-0.05, 0) is 48.9 Å². The predicted octanol–water partition coefficient (Wildman–Crippen LogP) is 3.65. The molecule has 2 aromatic heterocycles. The van der Waals surface area contributed by atoms with Crippen LogP contribution >= 0.6 is 11.3 Å². The minimum atomic E-state index is -0.496. The van der Waals surface area contributed by atoms with Crippen LogP contribution in [0.1, 0.15) is 32.1 Å². The molecule has 0 atom stereocenters. The van der Waals surface area contributed by atoms with E-state index in [4.69, 9.17) is 4.74 Å². The minimum Gasteiger partial charge on any atom is -0.452 e. The maximum Gasteiger partial charge on any atom is 0.340 e. The Morgan fingerprint density at radius 3 is 2.89 bits per heavy atom. The molecule has 1 aliphatic rings. The maximum absolute atomic E-state index is 12.6. The van der Waals surface area contributed by atoms with E-state index >= 15 is 0 Å². The van der Waals surface area contributed by atoms with E-state index < -0.39 is 5.97 Å². The Hall–Kier alpha value is -2.73. The van der Waals surface area contributed by atoms with Gasteiger partial charge < -0.3 is 9.64 Å². The van der Waals surface area contributed by atoms with Gasteiger partial charge in [-0.25, -0.2) is 4.79 Å². The van der Waals surface area contributed by atoms with Crippen LogP contribution in [-0.4, -0.2) is 34.9 Å². The molecule has 0 fully saturated rings. The van der Waals surface area contributed by atoms with Crippen LogP contribution in [0, 0.1) is 13.8 Å². The first kappa shape index (κ1) is 17.7. The number of hydrogen-bond acceptors (Lipinski definition) is 5. The molecule has 0 radical (unpaired) electrons. The largest absolute Gasteiger partial charge is 0.452 e. The Morgan fingerprint density at radius 2 is 2.04 bits per heavy atom. The third-order valence-electron chi connectivity index (χ3n) is 5.02. The number of nitrogens with zero attached hydrogens (tertiary/aromatic N) is 2. The molecule has 0 spiro atoms. The van der Waals surface area contributed by atoms with Gasteiger partial charge in [0.1, 0.15) is 0 Å². The number of ether oxygens (including phenoxy) is 1. The van der Waals surface area contributed by atoms with Crippen molar-refractivity contribution in [3.05, 3.63) is 63.0 Å². The van der Waals surface area contributed by atoms with Crippen molar-refractivity contribution in [3.8, 4) is 0 Å². The lowest BCUT2D eigenvalue weighted by atomic mass is 10.0. The smallest absolute Gasteiger partial charge is 0.340 e. The van der Waals surface area contributed by atoms with Crippen LogP contribution in [0.2, 0.25) is 0 Å². The first-order valence-electron chi connectivity index (χ1n) is 8.90. The van der Waals surface area contributed by atoms with Crippen LogP contribution < -0.4 is 0 Å². The van der Waals surface area contributed by atoms with E-state index in [2.05, 4.69) is 16.4 Å². The number of aryl methyl sites for hydroxylation is 2. The van der Waals surface area contributed by atoms with Crippen molar-refractivity contribution in [3.63, 3.8) is 0 Å². The van der Waals surface area contributed by atoms with Gasteiger partial charge in [0.05, 0.1) is 16.8 Å². The highest BCUT2D eigenvalue weighted by Gasteiger charge is 2.24. The van der Waals surface area contributed by atoms with Gasteiger partial charge in [0.2, 0.25) is 0 Å². The lowest BCUT2D eigenvalue weighted by Gasteiger charge is -2.26. The summed E-state index contributed by atoms with van der Waals surface area (Å²) in [6, 6.07) is 9.75. The number of rotatable bonds is 3. The normalized spacial score (nSPS) is 13.5. The molecule has 138 valence electrons. The molecule has 1 aromatic carbocycles. The second-order valence-electron chi connectivity index (χ2n) is 6.72. The fourth-order valence-electron chi connectivity index (χ4n) is 3.58. The van der Waals surface area contributed by atoms with Crippen molar-refractivity contribution in [2.24, 2.45) is 0 Å². The topological polar surface area (TPSA) is 59.5 Å². The first-order valence-corrected chi connectivity index (χ1v) is 9.78. The highest BCUT2D eigenvalue weighted by Crippen LogP contribution is 2.25. The molecule has 0 saturated carbocycles. The van der Waals surface area contributed by atoms with E-state index in [1.165, 1.54) is 10.4 Å². The van der Waals surface area contributed by atoms with Crippen LogP contribution in [0.5, 0.6) is 0 Å². The average molecular weight is 380 g/mol. The summed E-state index contributed by atoms with van der Waals surface area (Å²) in [4.78, 5) is 32.7. The third-order valence-corrected chi connectivity index (χ3v) is 6.05. The van der Waals surface area contributed by atoms with Gasteiger partial charge in [0.25, 0.3) is 5.91 Å². The summed E-state index contributed by atoms with van der Waals surface area (Å²) >= 11 is 1.73. The summed E-state index contributed by atoms with van der Waals surface area (Å²) in [5.41, 5.74) is 3.93. The fourth-order valence-corrected chi connectivity index (χ4v) is 4.47. The van der Waals surface area contributed by atoms with Gasteiger partial charge >= 0.3 is 5.97 Å². The van der Waals surface area contributed by atoms with E-state index in [0.29, 0.717) is 24.3 Å². The molecule has 3 aromatic rings. The monoisotopic (exact) mass is 380 g/mol. The average Bonchev–Trinajstić information content (AvgIpc) is 3.14. The van der Waals surface area contributed by atoms with Gasteiger partial charge in [0.15, 0.2) is 6.61 Å². The Kier molecular flexibility index (Phi) is 4.66. The zero-order chi connectivity index (χ0) is 19.0. The number of carbonyl (C=O) groups excluding carboxylic acids is 2. The molecule has 0 unspecified atom stereocenters. The molecular weight excluding hydrogens is 360 g/mol. The van der Waals surface area contributed by atoms with Crippen molar-refractivity contribution < 1.29 is 14.3 Å². The van der Waals surface area contributed by atoms with Crippen LogP contribution in [0.3, 0.4) is 0 Å². The quantitative estimate of drug-likeness (QED) is 0.651. The number of pyridine rings is 1. The van der Waals surface area contributed by atoms with Crippen LogP contribution in [0.4, 0.5) is 0 Å². The lowest BCUT2D eigenvalue weighted by Crippen LogP contribution is -2.38. The Bertz CT molecular complexity index is 1040. The van der Waals surface area contributed by atoms with Crippen molar-refractivity contribution in [1.82, 2.24) is 9.88 Å². The minimum absolute atomic E-state index is 0.163. The molecule has 4 rings (SSSR count). The Labute approximate surface area is 161 Å². The number of para-hydroxylation sites is 1. The number of esters is 1. The summed E-state index contributed by atoms with van der Waals surface area (Å²) in [6.45, 7) is 4.69. The summed E-state index contributed by atoms with van der Waals surface area (Å²) in [7, 11) is 0.